The van der Waals surface area contributed by atoms with Gasteiger partial charge in [0, 0.05) is 5.56 Å². The summed E-state index contributed by atoms with van der Waals surface area (Å²) >= 11 is 1.49. The molecule has 0 bridgehead atoms. The van der Waals surface area contributed by atoms with Gasteiger partial charge in [-0.05, 0) is 61.6 Å². The van der Waals surface area contributed by atoms with Crippen LogP contribution in [-0.2, 0) is 9.53 Å². The number of fused-ring (bicyclic) bond motifs is 1. The van der Waals surface area contributed by atoms with E-state index in [0.717, 1.165) is 16.0 Å². The monoisotopic (exact) mass is 425 g/mol. The summed E-state index contributed by atoms with van der Waals surface area (Å²) in [5, 5.41) is 0. The predicted molar refractivity (Wildman–Crippen MR) is 115 cm³/mol. The lowest BCUT2D eigenvalue weighted by atomic mass is 10.0. The minimum Gasteiger partial charge on any atom is -0.456 e. The fraction of sp³-hybridized carbons (Fsp3) is 0.304. The largest absolute Gasteiger partial charge is 0.456 e. The van der Waals surface area contributed by atoms with Crippen molar-refractivity contribution in [3.63, 3.8) is 0 Å². The van der Waals surface area contributed by atoms with Crippen LogP contribution in [0, 0.1) is 13.8 Å². The normalized spacial score (nSPS) is 13.9. The number of rotatable bonds is 8. The number of thioether (sulfide) groups is 1. The highest BCUT2D eigenvalue weighted by Gasteiger charge is 2.43. The number of carbonyl (C=O) groups excluding carboxylic acids is 4. The van der Waals surface area contributed by atoms with E-state index in [1.54, 1.807) is 36.4 Å². The average molecular weight is 426 g/mol. The Morgan fingerprint density at radius 2 is 1.63 bits per heavy atom. The molecular weight excluding hydrogens is 402 g/mol. The molecule has 1 aliphatic rings. The molecule has 0 fully saturated rings. The first-order chi connectivity index (χ1) is 14.3. The number of hydrogen-bond donors (Lipinski definition) is 0. The molecule has 2 aromatic carbocycles. The molecule has 0 unspecified atom stereocenters. The third kappa shape index (κ3) is 4.31. The molecule has 1 atom stereocenters. The Balaban J connectivity index is 1.75. The maximum Gasteiger partial charge on any atom is 0.329 e. The Morgan fingerprint density at radius 3 is 2.20 bits per heavy atom. The number of nitrogens with zero attached hydrogens (tertiary/aromatic N) is 1. The molecule has 3 rings (SSSR count). The van der Waals surface area contributed by atoms with E-state index >= 15 is 0 Å². The molecule has 0 radical (unpaired) electrons. The first kappa shape index (κ1) is 21.8. The Kier molecular flexibility index (Phi) is 6.72. The second kappa shape index (κ2) is 9.26. The molecule has 30 heavy (non-hydrogen) atoms. The molecular formula is C23H23NO5S. The van der Waals surface area contributed by atoms with E-state index in [1.165, 1.54) is 11.8 Å². The van der Waals surface area contributed by atoms with Crippen molar-refractivity contribution in [1.29, 1.82) is 0 Å². The number of ketones is 1. The van der Waals surface area contributed by atoms with Gasteiger partial charge in [0.25, 0.3) is 11.8 Å². The van der Waals surface area contributed by atoms with E-state index in [9.17, 15) is 19.2 Å². The lowest BCUT2D eigenvalue weighted by molar-refractivity contribution is -0.147. The molecule has 7 heteroatoms. The van der Waals surface area contributed by atoms with Crippen molar-refractivity contribution in [3.8, 4) is 0 Å². The number of ether oxygens (including phenoxy) is 1. The summed E-state index contributed by atoms with van der Waals surface area (Å²) in [6, 6.07) is 10.7. The highest BCUT2D eigenvalue weighted by atomic mass is 32.2. The van der Waals surface area contributed by atoms with Crippen molar-refractivity contribution in [2.24, 2.45) is 0 Å². The summed E-state index contributed by atoms with van der Waals surface area (Å²) in [5.41, 5.74) is 3.03. The van der Waals surface area contributed by atoms with Gasteiger partial charge in [0.1, 0.15) is 6.04 Å². The summed E-state index contributed by atoms with van der Waals surface area (Å²) in [6.07, 6.45) is 2.12. The second-order valence-corrected chi connectivity index (χ2v) is 8.14. The van der Waals surface area contributed by atoms with Crippen LogP contribution in [0.5, 0.6) is 0 Å². The molecule has 0 saturated heterocycles. The van der Waals surface area contributed by atoms with E-state index < -0.39 is 30.4 Å². The summed E-state index contributed by atoms with van der Waals surface area (Å²) in [6.45, 7) is 3.40. The molecule has 2 amide bonds. The fourth-order valence-corrected chi connectivity index (χ4v) is 3.76. The van der Waals surface area contributed by atoms with Gasteiger partial charge in [-0.2, -0.15) is 11.8 Å². The SMILES string of the molecule is CSCC[C@H](C(=O)OCC(=O)c1ccc(C)c(C)c1)N1C(=O)c2ccccc2C1=O. The number of amides is 2. The van der Waals surface area contributed by atoms with Gasteiger partial charge < -0.3 is 4.74 Å². The average Bonchev–Trinajstić information content (AvgIpc) is 2.99. The standard InChI is InChI=1S/C23H23NO5S/c1-14-8-9-16(12-15(14)2)20(25)13-29-23(28)19(10-11-30-3)24-21(26)17-6-4-5-7-18(17)22(24)27/h4-9,12,19H,10-11,13H2,1-3H3/t19-/m1/s1. The summed E-state index contributed by atoms with van der Waals surface area (Å²) in [4.78, 5) is 51.8. The summed E-state index contributed by atoms with van der Waals surface area (Å²) < 4.78 is 5.25. The number of hydrogen-bond acceptors (Lipinski definition) is 6. The first-order valence-electron chi connectivity index (χ1n) is 9.58. The maximum atomic E-state index is 12.8. The molecule has 1 aliphatic heterocycles. The smallest absolute Gasteiger partial charge is 0.329 e. The van der Waals surface area contributed by atoms with Crippen LogP contribution in [0.25, 0.3) is 0 Å². The van der Waals surface area contributed by atoms with E-state index in [0.29, 0.717) is 11.3 Å². The topological polar surface area (TPSA) is 80.8 Å². The van der Waals surface area contributed by atoms with E-state index in [2.05, 4.69) is 0 Å². The lowest BCUT2D eigenvalue weighted by Gasteiger charge is -2.24. The van der Waals surface area contributed by atoms with Gasteiger partial charge in [0.15, 0.2) is 12.4 Å². The van der Waals surface area contributed by atoms with Crippen LogP contribution in [0.15, 0.2) is 42.5 Å². The fourth-order valence-electron chi connectivity index (χ4n) is 3.30. The van der Waals surface area contributed by atoms with E-state index in [4.69, 9.17) is 4.74 Å². The second-order valence-electron chi connectivity index (χ2n) is 7.15. The zero-order valence-electron chi connectivity index (χ0n) is 17.1. The van der Waals surface area contributed by atoms with E-state index in [-0.39, 0.29) is 23.3 Å². The first-order valence-corrected chi connectivity index (χ1v) is 11.0. The Bertz CT molecular complexity index is 981. The number of aryl methyl sites for hydroxylation is 2. The van der Waals surface area contributed by atoms with Crippen LogP contribution in [-0.4, -0.2) is 53.1 Å². The molecule has 0 N–H and O–H groups in total. The number of imide groups is 1. The van der Waals surface area contributed by atoms with Crippen LogP contribution in [0.4, 0.5) is 0 Å². The van der Waals surface area contributed by atoms with Crippen molar-refractivity contribution in [1.82, 2.24) is 4.90 Å². The van der Waals surface area contributed by atoms with Crippen LogP contribution in [0.2, 0.25) is 0 Å². The van der Waals surface area contributed by atoms with Gasteiger partial charge >= 0.3 is 5.97 Å². The molecule has 0 aliphatic carbocycles. The van der Waals surface area contributed by atoms with Crippen LogP contribution < -0.4 is 0 Å². The van der Waals surface area contributed by atoms with Crippen molar-refractivity contribution in [3.05, 3.63) is 70.3 Å². The minimum absolute atomic E-state index is 0.253. The van der Waals surface area contributed by atoms with Crippen LogP contribution in [0.1, 0.15) is 48.6 Å². The number of benzene rings is 2. The van der Waals surface area contributed by atoms with Crippen LogP contribution >= 0.6 is 11.8 Å². The number of carbonyl (C=O) groups is 4. The minimum atomic E-state index is -1.07. The molecule has 156 valence electrons. The van der Waals surface area contributed by atoms with Crippen molar-refractivity contribution in [2.75, 3.05) is 18.6 Å². The number of Topliss-reactive ketones (excluding diaryl/α,β-unsaturated/α-hetero) is 1. The van der Waals surface area contributed by atoms with Crippen molar-refractivity contribution < 1.29 is 23.9 Å². The Hall–Kier alpha value is -2.93. The Labute approximate surface area is 179 Å². The third-order valence-electron chi connectivity index (χ3n) is 5.18. The van der Waals surface area contributed by atoms with E-state index in [1.807, 2.05) is 26.2 Å². The van der Waals surface area contributed by atoms with Gasteiger partial charge in [-0.3, -0.25) is 19.3 Å². The van der Waals surface area contributed by atoms with Crippen LogP contribution in [0.3, 0.4) is 0 Å². The highest BCUT2D eigenvalue weighted by molar-refractivity contribution is 7.98. The predicted octanol–water partition coefficient (Wildman–Crippen LogP) is 3.45. The zero-order valence-corrected chi connectivity index (χ0v) is 18.0. The molecule has 1 heterocycles. The maximum absolute atomic E-state index is 12.8. The molecule has 0 spiro atoms. The highest BCUT2D eigenvalue weighted by Crippen LogP contribution is 2.26. The molecule has 2 aromatic rings. The van der Waals surface area contributed by atoms with Gasteiger partial charge in [0.05, 0.1) is 11.1 Å². The number of esters is 1. The summed E-state index contributed by atoms with van der Waals surface area (Å²) in [5.74, 6) is -1.57. The Morgan fingerprint density at radius 1 is 1.00 bits per heavy atom. The van der Waals surface area contributed by atoms with Gasteiger partial charge in [0.2, 0.25) is 0 Å². The van der Waals surface area contributed by atoms with Crippen molar-refractivity contribution >= 4 is 35.3 Å². The molecule has 0 aromatic heterocycles. The van der Waals surface area contributed by atoms with Gasteiger partial charge in [-0.15, -0.1) is 0 Å². The summed E-state index contributed by atoms with van der Waals surface area (Å²) in [7, 11) is 0. The van der Waals surface area contributed by atoms with Crippen molar-refractivity contribution in [2.45, 2.75) is 26.3 Å². The third-order valence-corrected chi connectivity index (χ3v) is 5.82. The zero-order chi connectivity index (χ0) is 21.8. The quantitative estimate of drug-likeness (QED) is 0.366. The van der Waals surface area contributed by atoms with Gasteiger partial charge in [-0.1, -0.05) is 24.3 Å². The van der Waals surface area contributed by atoms with Gasteiger partial charge in [-0.25, -0.2) is 4.79 Å². The molecule has 0 saturated carbocycles. The lowest BCUT2D eigenvalue weighted by Crippen LogP contribution is -2.46. The molecule has 6 nitrogen and oxygen atoms in total.